The number of aryl methyl sites for hydroxylation is 2. The second kappa shape index (κ2) is 8.94. The summed E-state index contributed by atoms with van der Waals surface area (Å²) in [6.45, 7) is 7.80. The van der Waals surface area contributed by atoms with Gasteiger partial charge in [0.2, 0.25) is 0 Å². The highest BCUT2D eigenvalue weighted by Gasteiger charge is 2.20. The standard InChI is InChI=1S/C28H28N2O3/c1-16-9-8-10-20(13-16)26-18(3)25(31)23-15-17(2)14-22(27(23)33-26)19(4)30-24-12-7-6-11-21(24)28(32)29-5/h6-15,19,30H,1-5H3,(H,29,32). The van der Waals surface area contributed by atoms with Gasteiger partial charge in [0.05, 0.1) is 17.0 Å². The van der Waals surface area contributed by atoms with E-state index in [4.69, 9.17) is 4.42 Å². The molecular formula is C28H28N2O3. The highest BCUT2D eigenvalue weighted by Crippen LogP contribution is 2.32. The Bertz CT molecular complexity index is 1420. The van der Waals surface area contributed by atoms with Gasteiger partial charge in [-0.05, 0) is 57.5 Å². The van der Waals surface area contributed by atoms with E-state index in [2.05, 4.69) is 10.6 Å². The van der Waals surface area contributed by atoms with Crippen molar-refractivity contribution < 1.29 is 9.21 Å². The van der Waals surface area contributed by atoms with Crippen LogP contribution in [0.4, 0.5) is 5.69 Å². The average Bonchev–Trinajstić information content (AvgIpc) is 2.81. The highest BCUT2D eigenvalue weighted by atomic mass is 16.3. The zero-order valence-corrected chi connectivity index (χ0v) is 19.6. The predicted octanol–water partition coefficient (Wildman–Crippen LogP) is 5.92. The molecule has 0 aliphatic rings. The monoisotopic (exact) mass is 440 g/mol. The minimum atomic E-state index is -0.213. The average molecular weight is 441 g/mol. The SMILES string of the molecule is CNC(=O)c1ccccc1NC(C)c1cc(C)cc2c(=O)c(C)c(-c3cccc(C)c3)oc12. The van der Waals surface area contributed by atoms with Crippen LogP contribution < -0.4 is 16.1 Å². The molecule has 0 saturated heterocycles. The van der Waals surface area contributed by atoms with Crippen molar-refractivity contribution in [2.75, 3.05) is 12.4 Å². The molecule has 33 heavy (non-hydrogen) atoms. The quantitative estimate of drug-likeness (QED) is 0.404. The fourth-order valence-electron chi connectivity index (χ4n) is 4.20. The number of nitrogens with one attached hydrogen (secondary N) is 2. The van der Waals surface area contributed by atoms with E-state index in [0.29, 0.717) is 33.5 Å². The summed E-state index contributed by atoms with van der Waals surface area (Å²) in [6, 6.07) is 19.0. The van der Waals surface area contributed by atoms with Crippen LogP contribution >= 0.6 is 0 Å². The predicted molar refractivity (Wildman–Crippen MR) is 134 cm³/mol. The molecule has 5 nitrogen and oxygen atoms in total. The zero-order chi connectivity index (χ0) is 23.7. The molecule has 1 atom stereocenters. The maximum atomic E-state index is 13.3. The Morgan fingerprint density at radius 2 is 1.70 bits per heavy atom. The van der Waals surface area contributed by atoms with Gasteiger partial charge in [-0.15, -0.1) is 0 Å². The number of benzene rings is 3. The fourth-order valence-corrected chi connectivity index (χ4v) is 4.20. The molecule has 0 radical (unpaired) electrons. The highest BCUT2D eigenvalue weighted by molar-refractivity contribution is 5.99. The molecule has 1 amide bonds. The summed E-state index contributed by atoms with van der Waals surface area (Å²) in [5.74, 6) is 0.419. The normalized spacial score (nSPS) is 11.9. The molecule has 5 heteroatoms. The van der Waals surface area contributed by atoms with E-state index in [-0.39, 0.29) is 17.4 Å². The minimum Gasteiger partial charge on any atom is -0.455 e. The molecule has 1 unspecified atom stereocenters. The number of hydrogen-bond acceptors (Lipinski definition) is 4. The molecule has 2 N–H and O–H groups in total. The van der Waals surface area contributed by atoms with Crippen molar-refractivity contribution in [3.05, 3.63) is 98.7 Å². The van der Waals surface area contributed by atoms with Crippen LogP contribution in [0.15, 0.2) is 69.9 Å². The van der Waals surface area contributed by atoms with Crippen LogP contribution in [0, 0.1) is 20.8 Å². The number of rotatable bonds is 5. The van der Waals surface area contributed by atoms with Gasteiger partial charge >= 0.3 is 0 Å². The molecule has 1 heterocycles. The van der Waals surface area contributed by atoms with Crippen LogP contribution in [0.3, 0.4) is 0 Å². The van der Waals surface area contributed by atoms with E-state index in [1.165, 1.54) is 0 Å². The third-order valence-corrected chi connectivity index (χ3v) is 5.91. The summed E-state index contributed by atoms with van der Waals surface area (Å²) in [7, 11) is 1.61. The first kappa shape index (κ1) is 22.3. The van der Waals surface area contributed by atoms with E-state index in [0.717, 1.165) is 22.3 Å². The van der Waals surface area contributed by atoms with Gasteiger partial charge in [0.15, 0.2) is 5.43 Å². The third-order valence-electron chi connectivity index (χ3n) is 5.91. The number of carbonyl (C=O) groups excluding carboxylic acids is 1. The molecule has 0 aliphatic heterocycles. The Morgan fingerprint density at radius 3 is 2.42 bits per heavy atom. The Morgan fingerprint density at radius 1 is 0.939 bits per heavy atom. The Hall–Kier alpha value is -3.86. The van der Waals surface area contributed by atoms with Crippen LogP contribution in [0.1, 0.15) is 45.6 Å². The second-order valence-electron chi connectivity index (χ2n) is 8.48. The lowest BCUT2D eigenvalue weighted by molar-refractivity contribution is 0.0964. The number of amides is 1. The maximum Gasteiger partial charge on any atom is 0.253 e. The molecule has 1 aromatic heterocycles. The number of fused-ring (bicyclic) bond motifs is 1. The molecule has 0 bridgehead atoms. The van der Waals surface area contributed by atoms with Crippen LogP contribution in [0.2, 0.25) is 0 Å². The summed E-state index contributed by atoms with van der Waals surface area (Å²) in [4.78, 5) is 25.7. The van der Waals surface area contributed by atoms with Gasteiger partial charge in [-0.25, -0.2) is 0 Å². The van der Waals surface area contributed by atoms with E-state index in [9.17, 15) is 9.59 Å². The minimum absolute atomic E-state index is 0.0318. The summed E-state index contributed by atoms with van der Waals surface area (Å²) < 4.78 is 6.44. The first-order valence-corrected chi connectivity index (χ1v) is 11.0. The van der Waals surface area contributed by atoms with Gasteiger partial charge in [-0.2, -0.15) is 0 Å². The number of anilines is 1. The van der Waals surface area contributed by atoms with Crippen molar-refractivity contribution in [3.8, 4) is 11.3 Å². The molecule has 4 rings (SSSR count). The molecule has 0 saturated carbocycles. The molecule has 0 aliphatic carbocycles. The van der Waals surface area contributed by atoms with E-state index in [1.807, 2.05) is 82.3 Å². The third kappa shape index (κ3) is 4.27. The van der Waals surface area contributed by atoms with Crippen LogP contribution in [-0.2, 0) is 0 Å². The van der Waals surface area contributed by atoms with Crippen LogP contribution in [0.25, 0.3) is 22.3 Å². The fraction of sp³-hybridized carbons (Fsp3) is 0.214. The molecule has 168 valence electrons. The lowest BCUT2D eigenvalue weighted by Gasteiger charge is -2.20. The van der Waals surface area contributed by atoms with Crippen LogP contribution in [0.5, 0.6) is 0 Å². The van der Waals surface area contributed by atoms with E-state index >= 15 is 0 Å². The van der Waals surface area contributed by atoms with Crippen LogP contribution in [-0.4, -0.2) is 13.0 Å². The van der Waals surface area contributed by atoms with Crippen molar-refractivity contribution in [3.63, 3.8) is 0 Å². The maximum absolute atomic E-state index is 13.3. The number of hydrogen-bond donors (Lipinski definition) is 2. The van der Waals surface area contributed by atoms with Gasteiger partial charge < -0.3 is 15.1 Å². The van der Waals surface area contributed by atoms with Crippen molar-refractivity contribution in [1.29, 1.82) is 0 Å². The lowest BCUT2D eigenvalue weighted by Crippen LogP contribution is -2.20. The lowest BCUT2D eigenvalue weighted by atomic mass is 9.98. The zero-order valence-electron chi connectivity index (χ0n) is 19.6. The summed E-state index contributed by atoms with van der Waals surface area (Å²) >= 11 is 0. The molecular weight excluding hydrogens is 412 g/mol. The second-order valence-corrected chi connectivity index (χ2v) is 8.48. The van der Waals surface area contributed by atoms with Gasteiger partial charge in [-0.1, -0.05) is 42.0 Å². The Labute approximate surface area is 193 Å². The van der Waals surface area contributed by atoms with Crippen molar-refractivity contribution >= 4 is 22.6 Å². The summed E-state index contributed by atoms with van der Waals surface area (Å²) in [6.07, 6.45) is 0. The first-order chi connectivity index (χ1) is 15.8. The first-order valence-electron chi connectivity index (χ1n) is 11.0. The topological polar surface area (TPSA) is 71.3 Å². The molecule has 0 fully saturated rings. The van der Waals surface area contributed by atoms with Crippen molar-refractivity contribution in [1.82, 2.24) is 5.32 Å². The van der Waals surface area contributed by atoms with Crippen molar-refractivity contribution in [2.24, 2.45) is 0 Å². The largest absolute Gasteiger partial charge is 0.455 e. The molecule has 3 aromatic carbocycles. The number of carbonyl (C=O) groups is 1. The number of para-hydroxylation sites is 1. The van der Waals surface area contributed by atoms with Gasteiger partial charge in [0.25, 0.3) is 5.91 Å². The Balaban J connectivity index is 1.88. The Kier molecular flexibility index (Phi) is 6.05. The van der Waals surface area contributed by atoms with Gasteiger partial charge in [0, 0.05) is 29.4 Å². The van der Waals surface area contributed by atoms with Crippen molar-refractivity contribution in [2.45, 2.75) is 33.7 Å². The van der Waals surface area contributed by atoms with E-state index in [1.54, 1.807) is 13.1 Å². The smallest absolute Gasteiger partial charge is 0.253 e. The van der Waals surface area contributed by atoms with Gasteiger partial charge in [0.1, 0.15) is 11.3 Å². The molecule has 0 spiro atoms. The summed E-state index contributed by atoms with van der Waals surface area (Å²) in [5.41, 5.74) is 6.21. The van der Waals surface area contributed by atoms with E-state index < -0.39 is 0 Å². The summed E-state index contributed by atoms with van der Waals surface area (Å²) in [5, 5.41) is 6.68. The van der Waals surface area contributed by atoms with Gasteiger partial charge in [-0.3, -0.25) is 9.59 Å². The molecule has 4 aromatic rings.